The fraction of sp³-hybridized carbons (Fsp3) is 0.214. The predicted octanol–water partition coefficient (Wildman–Crippen LogP) is 21.1. The Morgan fingerprint density at radius 3 is 1.26 bits per heavy atom. The van der Waals surface area contributed by atoms with Crippen molar-refractivity contribution in [2.24, 2.45) is 0 Å². The molecule has 0 unspecified atom stereocenters. The van der Waals surface area contributed by atoms with Crippen LogP contribution in [-0.2, 0) is 17.6 Å². The van der Waals surface area contributed by atoms with E-state index in [2.05, 4.69) is 114 Å². The number of carboxylic acids is 1. The molecule has 2 N–H and O–H groups in total. The van der Waals surface area contributed by atoms with Crippen molar-refractivity contribution in [3.05, 3.63) is 277 Å². The van der Waals surface area contributed by atoms with E-state index < -0.39 is 5.97 Å². The number of aryl methyl sites for hydroxylation is 10. The third kappa shape index (κ3) is 27.4. The van der Waals surface area contributed by atoms with Gasteiger partial charge in [-0.1, -0.05) is 134 Å². The van der Waals surface area contributed by atoms with Crippen molar-refractivity contribution in [1.29, 1.82) is 0 Å². The molecule has 0 fully saturated rings. The fourth-order valence-electron chi connectivity index (χ4n) is 8.03. The number of thiophene rings is 5. The molecular weight excluding hydrogens is 1340 g/mol. The van der Waals surface area contributed by atoms with Gasteiger partial charge in [-0.05, 0) is 219 Å². The number of carbonyl (C=O) groups excluding carboxylic acids is 4. The zero-order valence-corrected chi connectivity index (χ0v) is 57.2. The molecule has 0 saturated heterocycles. The highest BCUT2D eigenvalue weighted by Crippen LogP contribution is 2.30. The second kappa shape index (κ2) is 39.7. The van der Waals surface area contributed by atoms with E-state index in [0.29, 0.717) is 19.0 Å². The molecule has 17 heteroatoms. The average Bonchev–Trinajstić information content (AvgIpc) is 4.43. The third-order valence-corrected chi connectivity index (χ3v) is 18.2. The van der Waals surface area contributed by atoms with Crippen LogP contribution in [0.1, 0.15) is 148 Å². The number of aldehydes is 1. The maximum Gasteiger partial charge on any atom is 0.569 e. The van der Waals surface area contributed by atoms with Crippen molar-refractivity contribution in [2.75, 3.05) is 0 Å². The summed E-state index contributed by atoms with van der Waals surface area (Å²) in [5, 5.41) is 19.1. The first-order valence-electron chi connectivity index (χ1n) is 26.4. The summed E-state index contributed by atoms with van der Waals surface area (Å²) in [7, 11) is 0.675. The highest BCUT2D eigenvalue weighted by molar-refractivity contribution is 9.11. The second-order valence-electron chi connectivity index (χ2n) is 19.3. The lowest BCUT2D eigenvalue weighted by Gasteiger charge is -2.01. The van der Waals surface area contributed by atoms with Gasteiger partial charge in [-0.3, -0.25) is 24.0 Å². The second-order valence-corrected chi connectivity index (χ2v) is 28.5. The van der Waals surface area contributed by atoms with Crippen LogP contribution in [0.2, 0.25) is 0 Å². The molecule has 0 bridgehead atoms. The van der Waals surface area contributed by atoms with Crippen LogP contribution < -0.4 is 4.65 Å². The first-order valence-corrected chi connectivity index (χ1v) is 32.6. The van der Waals surface area contributed by atoms with Gasteiger partial charge in [-0.2, -0.15) is 0 Å². The molecule has 87 heavy (non-hydrogen) atoms. The van der Waals surface area contributed by atoms with Crippen LogP contribution in [-0.4, -0.2) is 46.9 Å². The smallest absolute Gasteiger partial charge is 0.537 e. The van der Waals surface area contributed by atoms with Crippen LogP contribution in [0.4, 0.5) is 0 Å². The lowest BCUT2D eigenvalue weighted by atomic mass is 10.0. The number of ketones is 2. The van der Waals surface area contributed by atoms with Gasteiger partial charge in [0.05, 0.1) is 12.4 Å². The summed E-state index contributed by atoms with van der Waals surface area (Å²) in [6.45, 7) is 21.4. The molecule has 0 aliphatic rings. The first-order chi connectivity index (χ1) is 40.4. The molecule has 0 amide bonds. The van der Waals surface area contributed by atoms with E-state index in [-0.39, 0.29) is 31.7 Å². The lowest BCUT2D eigenvalue weighted by Crippen LogP contribution is -2.01. The summed E-state index contributed by atoms with van der Waals surface area (Å²) in [6, 6.07) is 49.8. The fourth-order valence-corrected chi connectivity index (χ4v) is 14.0. The summed E-state index contributed by atoms with van der Waals surface area (Å²) in [5.41, 5.74) is 15.1. The molecule has 5 aromatic heterocycles. The maximum atomic E-state index is 12.2. The number of halogens is 3. The minimum absolute atomic E-state index is 0. The van der Waals surface area contributed by atoms with E-state index >= 15 is 0 Å². The number of hydrogen-bond donors (Lipinski definition) is 2. The number of benzene rings is 5. The zero-order valence-electron chi connectivity index (χ0n) is 49.2. The van der Waals surface area contributed by atoms with Crippen LogP contribution in [0.5, 0.6) is 5.75 Å². The quantitative estimate of drug-likeness (QED) is 0.0534. The Hall–Kier alpha value is -6.18. The maximum absolute atomic E-state index is 12.2. The van der Waals surface area contributed by atoms with Crippen LogP contribution in [0.3, 0.4) is 0 Å². The molecule has 457 valence electrons. The predicted molar refractivity (Wildman–Crippen MR) is 380 cm³/mol. The van der Waals surface area contributed by atoms with E-state index in [1.165, 1.54) is 58.3 Å². The van der Waals surface area contributed by atoms with Gasteiger partial charge < -0.3 is 14.8 Å². The molecule has 10 rings (SSSR count). The molecule has 1 radical (unpaired) electrons. The summed E-state index contributed by atoms with van der Waals surface area (Å²) in [6.07, 6.45) is 2.88. The Morgan fingerprint density at radius 2 is 0.908 bits per heavy atom. The lowest BCUT2D eigenvalue weighted by molar-refractivity contribution is -0.134. The zero-order chi connectivity index (χ0) is 62.8. The molecule has 5 heterocycles. The van der Waals surface area contributed by atoms with Gasteiger partial charge in [0.25, 0.3) is 11.2 Å². The van der Waals surface area contributed by atoms with Gasteiger partial charge in [-0.25, -0.2) is 0 Å². The molecule has 0 atom stereocenters. The topological polar surface area (TPSA) is 135 Å². The van der Waals surface area contributed by atoms with Gasteiger partial charge in [0.15, 0.2) is 17.9 Å². The number of carbonyl (C=O) groups is 5. The molecule has 10 aromatic rings. The molecular formula is C70H75BBr2ClO8S5. The highest BCUT2D eigenvalue weighted by atomic mass is 79.9. The molecule has 0 saturated carbocycles. The van der Waals surface area contributed by atoms with E-state index in [1.54, 1.807) is 46.1 Å². The molecule has 5 aromatic carbocycles. The van der Waals surface area contributed by atoms with Crippen LogP contribution >= 0.6 is 100 Å². The summed E-state index contributed by atoms with van der Waals surface area (Å²) < 4.78 is 6.94. The van der Waals surface area contributed by atoms with Crippen molar-refractivity contribution in [3.63, 3.8) is 0 Å². The van der Waals surface area contributed by atoms with Crippen molar-refractivity contribution in [1.82, 2.24) is 0 Å². The van der Waals surface area contributed by atoms with Crippen molar-refractivity contribution in [2.45, 2.75) is 104 Å². The summed E-state index contributed by atoms with van der Waals surface area (Å²) in [5.74, 6) is 0.0445. The molecule has 8 nitrogen and oxygen atoms in total. The molecule has 0 aliphatic carbocycles. The van der Waals surface area contributed by atoms with Crippen molar-refractivity contribution >= 4 is 137 Å². The standard InChI is InChI=1S/C14H14OS.C13H11BrOS.C13H13BrS.C13H12OS.C7H8BO2.C6H5ClOS.C2H4O2.2CH4/c1-10-4-3-5-12(6-10)7-13-8-14(9-15)16-11(13)2;1-8-4-3-5-10(6-8)13(15)11-7-12(14)16-9(11)2;1-9-4-3-5-11(6-9)7-12-8-13(14)15-10(12)2;1-9-4-3-5-11(8-9)13(14)12-6-7-15-10(12)2;1-6-3-2-4-7(5-6)10-8-9;1-4-5(6(7)8)2-3-9-4;1-2(3)4;;/h3-6,8-9H,7H2,1-2H3;3-7H,1-2H3;3-6,8H,7H2,1-2H3;3-8H,1-2H3;2-5,9H,1H3;2-3H,1H3;1H3,(H,3,4);2*1H4. The molecule has 0 aliphatic heterocycles. The summed E-state index contributed by atoms with van der Waals surface area (Å²) >= 11 is 20.3. The van der Waals surface area contributed by atoms with E-state index in [9.17, 15) is 19.2 Å². The van der Waals surface area contributed by atoms with Gasteiger partial charge in [0, 0.05) is 59.1 Å². The largest absolute Gasteiger partial charge is 0.569 e. The average molecular weight is 1410 g/mol. The Labute approximate surface area is 557 Å². The van der Waals surface area contributed by atoms with Gasteiger partial charge in [0.1, 0.15) is 5.75 Å². The van der Waals surface area contributed by atoms with Gasteiger partial charge >= 0.3 is 7.69 Å². The van der Waals surface area contributed by atoms with Crippen LogP contribution in [0.15, 0.2) is 170 Å². The SMILES string of the molecule is C.C.CC(=O)O.Cc1cccc(C(=O)c2cc(Br)sc2C)c1.Cc1cccc(C(=O)c2ccsc2C)c1.Cc1cccc(Cc2cc(Br)sc2C)c1.Cc1cccc(Cc2cc(C=O)sc2C)c1.Cc1cccc(O[B]O)c1.Cc1sccc1C(=O)Cl. The Kier molecular flexibility index (Phi) is 35.1. The number of carboxylic acid groups (broad SMARTS) is 1. The van der Waals surface area contributed by atoms with Crippen LogP contribution in [0.25, 0.3) is 0 Å². The third-order valence-electron chi connectivity index (χ3n) is 12.1. The first kappa shape index (κ1) is 76.9. The molecule has 0 spiro atoms. The van der Waals surface area contributed by atoms with E-state index in [0.717, 1.165) is 88.3 Å². The van der Waals surface area contributed by atoms with Gasteiger partial charge in [-0.15, -0.1) is 56.7 Å². The Balaban J connectivity index is 0.000000353. The Bertz CT molecular complexity index is 3790. The van der Waals surface area contributed by atoms with E-state index in [1.807, 2.05) is 149 Å². The van der Waals surface area contributed by atoms with Crippen molar-refractivity contribution < 1.29 is 38.8 Å². The number of rotatable bonds is 12. The Morgan fingerprint density at radius 1 is 0.506 bits per heavy atom. The van der Waals surface area contributed by atoms with Gasteiger partial charge in [0.2, 0.25) is 0 Å². The minimum Gasteiger partial charge on any atom is -0.537 e. The van der Waals surface area contributed by atoms with Crippen molar-refractivity contribution in [3.8, 4) is 5.75 Å². The highest BCUT2D eigenvalue weighted by Gasteiger charge is 2.15. The normalized spacial score (nSPS) is 9.74. The monoisotopic (exact) mass is 1410 g/mol. The minimum atomic E-state index is -0.833. The van der Waals surface area contributed by atoms with Crippen LogP contribution in [0, 0.1) is 69.2 Å². The van der Waals surface area contributed by atoms with E-state index in [4.69, 9.17) is 31.2 Å². The number of hydrogen-bond acceptors (Lipinski definition) is 12. The number of aliphatic carboxylic acids is 1. The summed E-state index contributed by atoms with van der Waals surface area (Å²) in [4.78, 5) is 61.1.